The number of carbonyl (C=O) groups is 2. The van der Waals surface area contributed by atoms with Gasteiger partial charge < -0.3 is 16.2 Å². The second-order valence-electron chi connectivity index (χ2n) is 6.34. The number of hydrogen-bond acceptors (Lipinski definition) is 5. The van der Waals surface area contributed by atoms with Gasteiger partial charge in [0.1, 0.15) is 17.4 Å². The summed E-state index contributed by atoms with van der Waals surface area (Å²) in [6.45, 7) is 2.90. The molecule has 0 radical (unpaired) electrons. The van der Waals surface area contributed by atoms with E-state index >= 15 is 0 Å². The van der Waals surface area contributed by atoms with Crippen molar-refractivity contribution in [2.75, 3.05) is 11.9 Å². The standard InChI is InChI=1S/C17H23N3O3/c1-2-19-14-8-10-11(20-14)7-6-9(16(10)18)17(23)15-12(21)4-3-5-13(15)22/h6-7,12,14-15,19-21H,2-5,8,18H2,1H3/p+1. The van der Waals surface area contributed by atoms with Crippen LogP contribution in [0, 0.1) is 5.92 Å². The molecule has 6 N–H and O–H groups in total. The van der Waals surface area contributed by atoms with Gasteiger partial charge in [0.2, 0.25) is 0 Å². The monoisotopic (exact) mass is 318 g/mol. The Morgan fingerprint density at radius 3 is 2.96 bits per heavy atom. The Kier molecular flexibility index (Phi) is 4.48. The maximum absolute atomic E-state index is 12.8. The van der Waals surface area contributed by atoms with Gasteiger partial charge in [0, 0.05) is 24.1 Å². The van der Waals surface area contributed by atoms with Crippen molar-refractivity contribution in [2.45, 2.75) is 44.9 Å². The summed E-state index contributed by atoms with van der Waals surface area (Å²) in [6.07, 6.45) is 1.55. The fourth-order valence-electron chi connectivity index (χ4n) is 3.62. The van der Waals surface area contributed by atoms with Gasteiger partial charge in [-0.25, -0.2) is 0 Å². The van der Waals surface area contributed by atoms with Crippen LogP contribution in [0.1, 0.15) is 42.1 Å². The number of Topliss-reactive ketones (excluding diaryl/α,β-unsaturated/α-hetero) is 2. The molecule has 1 fully saturated rings. The predicted octanol–water partition coefficient (Wildman–Crippen LogP) is 0.376. The number of rotatable bonds is 4. The summed E-state index contributed by atoms with van der Waals surface area (Å²) in [6, 6.07) is 3.59. The van der Waals surface area contributed by atoms with Gasteiger partial charge in [-0.05, 0) is 31.5 Å². The molecule has 1 heterocycles. The molecule has 124 valence electrons. The van der Waals surface area contributed by atoms with Crippen LogP contribution in [0.3, 0.4) is 0 Å². The molecule has 1 aliphatic carbocycles. The number of aliphatic hydroxyl groups is 1. The Morgan fingerprint density at radius 2 is 2.26 bits per heavy atom. The van der Waals surface area contributed by atoms with Crippen molar-refractivity contribution in [1.29, 1.82) is 0 Å². The van der Waals surface area contributed by atoms with E-state index in [0.29, 0.717) is 30.5 Å². The van der Waals surface area contributed by atoms with E-state index in [9.17, 15) is 14.7 Å². The van der Waals surface area contributed by atoms with Gasteiger partial charge in [-0.15, -0.1) is 0 Å². The summed E-state index contributed by atoms with van der Waals surface area (Å²) >= 11 is 0. The summed E-state index contributed by atoms with van der Waals surface area (Å²) in [5.74, 6) is -1.37. The van der Waals surface area contributed by atoms with Gasteiger partial charge in [-0.3, -0.25) is 14.9 Å². The van der Waals surface area contributed by atoms with Crippen LogP contribution in [-0.4, -0.2) is 35.5 Å². The quantitative estimate of drug-likeness (QED) is 0.474. The first-order valence-electron chi connectivity index (χ1n) is 8.25. The fourth-order valence-corrected chi connectivity index (χ4v) is 3.62. The van der Waals surface area contributed by atoms with Crippen LogP contribution in [0.5, 0.6) is 0 Å². The van der Waals surface area contributed by atoms with Gasteiger partial charge in [-0.2, -0.15) is 0 Å². The van der Waals surface area contributed by atoms with E-state index in [0.717, 1.165) is 24.2 Å². The number of fused-ring (bicyclic) bond motifs is 1. The minimum Gasteiger partial charge on any atom is -0.392 e. The van der Waals surface area contributed by atoms with Crippen LogP contribution in [-0.2, 0) is 11.2 Å². The maximum Gasteiger partial charge on any atom is 0.181 e. The van der Waals surface area contributed by atoms with Crippen LogP contribution in [0.25, 0.3) is 0 Å². The van der Waals surface area contributed by atoms with E-state index in [1.165, 1.54) is 0 Å². The predicted molar refractivity (Wildman–Crippen MR) is 86.5 cm³/mol. The fraction of sp³-hybridized carbons (Fsp3) is 0.529. The van der Waals surface area contributed by atoms with Gasteiger partial charge in [-0.1, -0.05) is 6.92 Å². The number of ketones is 2. The average Bonchev–Trinajstić information content (AvgIpc) is 2.91. The lowest BCUT2D eigenvalue weighted by molar-refractivity contribution is -0.256. The van der Waals surface area contributed by atoms with Gasteiger partial charge in [0.05, 0.1) is 17.8 Å². The third kappa shape index (κ3) is 2.89. The average molecular weight is 318 g/mol. The van der Waals surface area contributed by atoms with Gasteiger partial charge >= 0.3 is 0 Å². The molecule has 1 aliphatic heterocycles. The number of nitrogens with one attached hydrogen (secondary N) is 2. The highest BCUT2D eigenvalue weighted by Crippen LogP contribution is 2.34. The highest BCUT2D eigenvalue weighted by molar-refractivity contribution is 6.13. The normalized spacial score (nSPS) is 26.7. The molecule has 1 saturated carbocycles. The molecule has 0 bridgehead atoms. The van der Waals surface area contributed by atoms with Crippen LogP contribution in [0.4, 0.5) is 11.4 Å². The van der Waals surface area contributed by atoms with Crippen molar-refractivity contribution < 1.29 is 20.4 Å². The van der Waals surface area contributed by atoms with Crippen molar-refractivity contribution in [3.8, 4) is 0 Å². The highest BCUT2D eigenvalue weighted by Gasteiger charge is 2.39. The molecule has 23 heavy (non-hydrogen) atoms. The maximum atomic E-state index is 12.8. The lowest BCUT2D eigenvalue weighted by atomic mass is 9.80. The van der Waals surface area contributed by atoms with E-state index in [4.69, 9.17) is 0 Å². The lowest BCUT2D eigenvalue weighted by Gasteiger charge is -2.25. The van der Waals surface area contributed by atoms with E-state index in [1.807, 2.05) is 13.0 Å². The third-order valence-corrected chi connectivity index (χ3v) is 4.82. The summed E-state index contributed by atoms with van der Waals surface area (Å²) < 4.78 is 0. The van der Waals surface area contributed by atoms with Crippen LogP contribution in [0.15, 0.2) is 12.1 Å². The summed E-state index contributed by atoms with van der Waals surface area (Å²) in [5, 5.41) is 16.8. The minimum atomic E-state index is -0.929. The van der Waals surface area contributed by atoms with Crippen LogP contribution in [0.2, 0.25) is 0 Å². The molecular weight excluding hydrogens is 294 g/mol. The Labute approximate surface area is 135 Å². The first kappa shape index (κ1) is 16.1. The molecule has 1 aromatic carbocycles. The number of carbonyl (C=O) groups excluding carboxylic acids is 2. The molecule has 3 rings (SSSR count). The van der Waals surface area contributed by atoms with E-state index < -0.39 is 12.0 Å². The molecule has 6 nitrogen and oxygen atoms in total. The van der Waals surface area contributed by atoms with E-state index in [2.05, 4.69) is 16.4 Å². The number of anilines is 1. The van der Waals surface area contributed by atoms with Gasteiger partial charge in [0.15, 0.2) is 5.78 Å². The summed E-state index contributed by atoms with van der Waals surface area (Å²) in [5.41, 5.74) is 7.20. The molecule has 2 aliphatic rings. The number of quaternary nitrogens is 1. The molecular formula is C17H24N3O3+. The van der Waals surface area contributed by atoms with Crippen LogP contribution >= 0.6 is 0 Å². The van der Waals surface area contributed by atoms with E-state index in [1.54, 1.807) is 6.07 Å². The van der Waals surface area contributed by atoms with Crippen molar-refractivity contribution >= 4 is 22.9 Å². The molecule has 1 aromatic rings. The second kappa shape index (κ2) is 6.39. The van der Waals surface area contributed by atoms with Crippen molar-refractivity contribution in [2.24, 2.45) is 5.92 Å². The molecule has 0 spiro atoms. The van der Waals surface area contributed by atoms with E-state index in [-0.39, 0.29) is 17.7 Å². The zero-order valence-electron chi connectivity index (χ0n) is 13.4. The SMILES string of the molecule is CCNC1Cc2c(ccc(C(=O)C3C(=O)CCCC3O)c2[NH3+])N1. The Bertz CT molecular complexity index is 644. The molecule has 0 aromatic heterocycles. The first-order chi connectivity index (χ1) is 11.0. The lowest BCUT2D eigenvalue weighted by Crippen LogP contribution is -2.46. The zero-order valence-corrected chi connectivity index (χ0v) is 13.4. The molecule has 0 amide bonds. The van der Waals surface area contributed by atoms with Crippen molar-refractivity contribution in [3.05, 3.63) is 23.3 Å². The van der Waals surface area contributed by atoms with Crippen molar-refractivity contribution in [1.82, 2.24) is 5.32 Å². The number of likely N-dealkylation sites (N-methyl/N-ethyl adjacent to an activating group) is 1. The Hall–Kier alpha value is -1.76. The second-order valence-corrected chi connectivity index (χ2v) is 6.34. The topological polar surface area (TPSA) is 106 Å². The minimum absolute atomic E-state index is 0.141. The summed E-state index contributed by atoms with van der Waals surface area (Å²) in [4.78, 5) is 24.9. The largest absolute Gasteiger partial charge is 0.392 e. The molecule has 6 heteroatoms. The smallest absolute Gasteiger partial charge is 0.181 e. The third-order valence-electron chi connectivity index (χ3n) is 4.82. The number of hydrogen-bond donors (Lipinski definition) is 4. The zero-order chi connectivity index (χ0) is 16.6. The highest BCUT2D eigenvalue weighted by atomic mass is 16.3. The Morgan fingerprint density at radius 1 is 1.48 bits per heavy atom. The molecule has 3 atom stereocenters. The number of benzene rings is 1. The molecule has 3 unspecified atom stereocenters. The van der Waals surface area contributed by atoms with Crippen molar-refractivity contribution in [3.63, 3.8) is 0 Å². The molecule has 0 saturated heterocycles. The Balaban J connectivity index is 1.89. The van der Waals surface area contributed by atoms with Gasteiger partial charge in [0.25, 0.3) is 0 Å². The van der Waals surface area contributed by atoms with Crippen LogP contribution < -0.4 is 16.4 Å². The summed E-state index contributed by atoms with van der Waals surface area (Å²) in [7, 11) is 0. The number of aliphatic hydroxyl groups excluding tert-OH is 1. The first-order valence-corrected chi connectivity index (χ1v) is 8.25.